The number of phenols is 2. The molecule has 2 atom stereocenters. The third-order valence-corrected chi connectivity index (χ3v) is 9.71. The Morgan fingerprint density at radius 2 is 1.49 bits per heavy atom. The van der Waals surface area contributed by atoms with Crippen molar-refractivity contribution in [3.8, 4) is 22.6 Å². The molecule has 0 fully saturated rings. The van der Waals surface area contributed by atoms with E-state index in [2.05, 4.69) is 79.8 Å². The van der Waals surface area contributed by atoms with Gasteiger partial charge in [0.2, 0.25) is 0 Å². The molecule has 4 aromatic carbocycles. The minimum atomic E-state index is -0.347. The van der Waals surface area contributed by atoms with Crippen LogP contribution in [0.1, 0.15) is 82.4 Å². The van der Waals surface area contributed by atoms with E-state index in [1.165, 1.54) is 60.1 Å². The minimum absolute atomic E-state index is 0.114. The van der Waals surface area contributed by atoms with Crippen LogP contribution in [0, 0.1) is 25.7 Å². The zero-order valence-electron chi connectivity index (χ0n) is 31.9. The normalized spacial score (nSPS) is 12.3. The summed E-state index contributed by atoms with van der Waals surface area (Å²) in [5.41, 5.74) is 7.32. The average molecular weight is 691 g/mol. The lowest BCUT2D eigenvalue weighted by molar-refractivity contribution is 0.102. The molecule has 1 aromatic heterocycles. The van der Waals surface area contributed by atoms with Gasteiger partial charge < -0.3 is 30.3 Å². The van der Waals surface area contributed by atoms with Crippen LogP contribution in [0.5, 0.6) is 11.5 Å². The summed E-state index contributed by atoms with van der Waals surface area (Å²) in [6.07, 6.45) is 3.68. The molecule has 5 aromatic rings. The molecule has 0 saturated heterocycles. The number of rotatable bonds is 15. The first-order valence-electron chi connectivity index (χ1n) is 18.7. The third-order valence-electron chi connectivity index (χ3n) is 9.71. The summed E-state index contributed by atoms with van der Waals surface area (Å²) in [5, 5.41) is 28.8. The zero-order valence-corrected chi connectivity index (χ0v) is 31.9. The highest BCUT2D eigenvalue weighted by atomic mass is 16.3. The number of carbonyl (C=O) groups excluding carboxylic acids is 1. The average Bonchev–Trinajstić information content (AvgIpc) is 3.35. The van der Waals surface area contributed by atoms with Gasteiger partial charge in [0.15, 0.2) is 0 Å². The predicted octanol–water partition coefficient (Wildman–Crippen LogP) is 11.1. The van der Waals surface area contributed by atoms with Gasteiger partial charge in [-0.15, -0.1) is 0 Å². The van der Waals surface area contributed by atoms with Gasteiger partial charge >= 0.3 is 0 Å². The second-order valence-corrected chi connectivity index (χ2v) is 13.7. The van der Waals surface area contributed by atoms with Crippen molar-refractivity contribution in [2.45, 2.75) is 81.2 Å². The van der Waals surface area contributed by atoms with E-state index >= 15 is 0 Å². The highest BCUT2D eigenvalue weighted by Gasteiger charge is 2.18. The first-order valence-corrected chi connectivity index (χ1v) is 18.7. The quantitative estimate of drug-likeness (QED) is 0.0878. The van der Waals surface area contributed by atoms with Crippen LogP contribution < -0.4 is 10.6 Å². The van der Waals surface area contributed by atoms with Gasteiger partial charge in [0.1, 0.15) is 11.5 Å². The number of nitrogens with one attached hydrogen (secondary N) is 2. The summed E-state index contributed by atoms with van der Waals surface area (Å²) in [6, 6.07) is 25.8. The Hall–Kier alpha value is -4.75. The van der Waals surface area contributed by atoms with Crippen molar-refractivity contribution in [1.29, 1.82) is 0 Å². The number of phenolic OH excluding ortho intramolecular Hbond substituents is 2. The monoisotopic (exact) mass is 690 g/mol. The molecule has 0 saturated carbocycles. The van der Waals surface area contributed by atoms with Crippen molar-refractivity contribution in [2.24, 2.45) is 11.8 Å². The molecule has 0 spiro atoms. The van der Waals surface area contributed by atoms with Crippen LogP contribution in [0.15, 0.2) is 84.9 Å². The standard InChI is InChI=1S/C42H52N4O3.C2H6/c1-7-20-45(21-19-28(3)8-2)26-29(4)27-46-31(6)30(5)37-23-35(17-18-38(37)46)43-34-16-12-15-33(22-34)42(49)44-36-24-39(47)41(40(48)25-36)32-13-10-9-11-14-32;1-2/h9-18,22-25,28-29,43,47-48H,7-8,19-21,26-27H2,1-6H3,(H,44,49);1-2H3. The number of benzene rings is 4. The second kappa shape index (κ2) is 18.5. The molecular weight excluding hydrogens is 633 g/mol. The van der Waals surface area contributed by atoms with Crippen LogP contribution in [0.3, 0.4) is 0 Å². The fraction of sp³-hybridized carbons (Fsp3) is 0.386. The number of hydrogen-bond acceptors (Lipinski definition) is 5. The molecule has 1 amide bonds. The summed E-state index contributed by atoms with van der Waals surface area (Å²) >= 11 is 0. The number of hydrogen-bond donors (Lipinski definition) is 4. The van der Waals surface area contributed by atoms with Crippen LogP contribution in [-0.2, 0) is 6.54 Å². The lowest BCUT2D eigenvalue weighted by Gasteiger charge is -2.27. The molecule has 1 heterocycles. The Labute approximate surface area is 305 Å². The van der Waals surface area contributed by atoms with Gasteiger partial charge in [0, 0.05) is 64.4 Å². The van der Waals surface area contributed by atoms with E-state index in [1.807, 2.05) is 44.2 Å². The van der Waals surface area contributed by atoms with Crippen molar-refractivity contribution in [2.75, 3.05) is 30.3 Å². The van der Waals surface area contributed by atoms with Gasteiger partial charge in [-0.2, -0.15) is 0 Å². The molecule has 2 unspecified atom stereocenters. The van der Waals surface area contributed by atoms with Gasteiger partial charge in [-0.1, -0.05) is 84.4 Å². The van der Waals surface area contributed by atoms with Crippen molar-refractivity contribution < 1.29 is 15.0 Å². The summed E-state index contributed by atoms with van der Waals surface area (Å²) in [4.78, 5) is 15.9. The molecule has 272 valence electrons. The van der Waals surface area contributed by atoms with Crippen molar-refractivity contribution in [1.82, 2.24) is 9.47 Å². The predicted molar refractivity (Wildman–Crippen MR) is 216 cm³/mol. The lowest BCUT2D eigenvalue weighted by atomic mass is 10.0. The SMILES string of the molecule is CC.CCCN(CCC(C)CC)CC(C)Cn1c(C)c(C)c2cc(Nc3cccc(C(=O)Nc4cc(O)c(-c5ccccc5)c(O)c4)c3)ccc21. The number of aromatic nitrogens is 1. The fourth-order valence-corrected chi connectivity index (χ4v) is 6.68. The molecule has 0 radical (unpaired) electrons. The Morgan fingerprint density at radius 1 is 0.804 bits per heavy atom. The molecule has 51 heavy (non-hydrogen) atoms. The summed E-state index contributed by atoms with van der Waals surface area (Å²) < 4.78 is 2.48. The Balaban J connectivity index is 0.00000286. The number of aryl methyl sites for hydroxylation is 1. The van der Waals surface area contributed by atoms with Gasteiger partial charge in [-0.25, -0.2) is 0 Å². The van der Waals surface area contributed by atoms with Gasteiger partial charge in [-0.3, -0.25) is 4.79 Å². The topological polar surface area (TPSA) is 89.8 Å². The Morgan fingerprint density at radius 3 is 2.16 bits per heavy atom. The van der Waals surface area contributed by atoms with E-state index < -0.39 is 0 Å². The number of anilines is 3. The molecule has 4 N–H and O–H groups in total. The summed E-state index contributed by atoms with van der Waals surface area (Å²) in [7, 11) is 0. The zero-order chi connectivity index (χ0) is 37.1. The molecule has 7 heteroatoms. The van der Waals surface area contributed by atoms with Gasteiger partial charge in [0.05, 0.1) is 5.56 Å². The highest BCUT2D eigenvalue weighted by molar-refractivity contribution is 6.05. The maximum Gasteiger partial charge on any atom is 0.255 e. The first-order chi connectivity index (χ1) is 24.6. The number of fused-ring (bicyclic) bond motifs is 1. The molecule has 5 rings (SSSR count). The van der Waals surface area contributed by atoms with E-state index in [4.69, 9.17) is 0 Å². The summed E-state index contributed by atoms with van der Waals surface area (Å²) in [5.74, 6) is 0.719. The molecule has 0 aliphatic heterocycles. The number of amides is 1. The van der Waals surface area contributed by atoms with E-state index in [1.54, 1.807) is 24.3 Å². The molecular formula is C44H58N4O3. The van der Waals surface area contributed by atoms with Crippen LogP contribution in [0.25, 0.3) is 22.0 Å². The van der Waals surface area contributed by atoms with Crippen LogP contribution in [0.2, 0.25) is 0 Å². The van der Waals surface area contributed by atoms with E-state index in [9.17, 15) is 15.0 Å². The number of aromatic hydroxyl groups is 2. The number of carbonyl (C=O) groups is 1. The minimum Gasteiger partial charge on any atom is -0.507 e. The highest BCUT2D eigenvalue weighted by Crippen LogP contribution is 2.40. The lowest BCUT2D eigenvalue weighted by Crippen LogP contribution is -2.32. The second-order valence-electron chi connectivity index (χ2n) is 13.7. The fourth-order valence-electron chi connectivity index (χ4n) is 6.68. The first kappa shape index (κ1) is 39.0. The van der Waals surface area contributed by atoms with E-state index in [-0.39, 0.29) is 17.4 Å². The van der Waals surface area contributed by atoms with Crippen molar-refractivity contribution in [3.63, 3.8) is 0 Å². The molecule has 0 bridgehead atoms. The summed E-state index contributed by atoms with van der Waals surface area (Å²) in [6.45, 7) is 22.1. The third kappa shape index (κ3) is 9.95. The van der Waals surface area contributed by atoms with E-state index in [0.717, 1.165) is 36.9 Å². The van der Waals surface area contributed by atoms with Crippen LogP contribution >= 0.6 is 0 Å². The number of nitrogens with zero attached hydrogens (tertiary/aromatic N) is 2. The Bertz CT molecular complexity index is 1860. The van der Waals surface area contributed by atoms with Crippen LogP contribution in [-0.4, -0.2) is 45.2 Å². The Kier molecular flexibility index (Phi) is 14.1. The molecule has 0 aliphatic rings. The molecule has 0 aliphatic carbocycles. The maximum absolute atomic E-state index is 13.2. The molecule has 7 nitrogen and oxygen atoms in total. The van der Waals surface area contributed by atoms with Crippen molar-refractivity contribution >= 4 is 33.9 Å². The van der Waals surface area contributed by atoms with Gasteiger partial charge in [0.25, 0.3) is 5.91 Å². The smallest absolute Gasteiger partial charge is 0.255 e. The maximum atomic E-state index is 13.2. The van der Waals surface area contributed by atoms with Crippen LogP contribution in [0.4, 0.5) is 17.1 Å². The van der Waals surface area contributed by atoms with Crippen molar-refractivity contribution in [3.05, 3.63) is 102 Å². The van der Waals surface area contributed by atoms with Gasteiger partial charge in [-0.05, 0) is 99.1 Å². The largest absolute Gasteiger partial charge is 0.507 e. The van der Waals surface area contributed by atoms with E-state index in [0.29, 0.717) is 28.3 Å².